The molecule has 6 heteroatoms. The van der Waals surface area contributed by atoms with Crippen molar-refractivity contribution in [3.8, 4) is 5.69 Å². The highest BCUT2D eigenvalue weighted by Crippen LogP contribution is 2.13. The maximum atomic E-state index is 13.6. The summed E-state index contributed by atoms with van der Waals surface area (Å²) in [7, 11) is 1.59. The number of hydrogen-bond acceptors (Lipinski definition) is 3. The van der Waals surface area contributed by atoms with Crippen molar-refractivity contribution in [2.75, 3.05) is 13.7 Å². The van der Waals surface area contributed by atoms with Crippen molar-refractivity contribution >= 4 is 5.91 Å². The third-order valence-corrected chi connectivity index (χ3v) is 3.15. The molecular weight excluding hydrogens is 261 g/mol. The lowest BCUT2D eigenvalue weighted by molar-refractivity contribution is 0.0676. The van der Waals surface area contributed by atoms with Crippen molar-refractivity contribution in [1.82, 2.24) is 14.7 Å². The number of halogens is 1. The van der Waals surface area contributed by atoms with Crippen LogP contribution in [-0.2, 0) is 0 Å². The number of aromatic nitrogens is 2. The van der Waals surface area contributed by atoms with E-state index in [0.717, 1.165) is 0 Å². The number of para-hydroxylation sites is 1. The van der Waals surface area contributed by atoms with Gasteiger partial charge in [-0.15, -0.1) is 0 Å². The molecule has 1 aromatic carbocycles. The minimum absolute atomic E-state index is 0.129. The average Bonchev–Trinajstić information content (AvgIpc) is 2.94. The minimum Gasteiger partial charge on any atom is -0.394 e. The van der Waals surface area contributed by atoms with Crippen LogP contribution in [0.2, 0.25) is 0 Å². The van der Waals surface area contributed by atoms with Crippen molar-refractivity contribution in [2.24, 2.45) is 0 Å². The highest BCUT2D eigenvalue weighted by atomic mass is 19.1. The molecule has 2 aromatic rings. The number of hydrogen-bond donors (Lipinski definition) is 1. The fourth-order valence-corrected chi connectivity index (χ4v) is 1.71. The van der Waals surface area contributed by atoms with Gasteiger partial charge in [-0.3, -0.25) is 4.79 Å². The van der Waals surface area contributed by atoms with Crippen LogP contribution in [0.5, 0.6) is 0 Å². The quantitative estimate of drug-likeness (QED) is 0.920. The van der Waals surface area contributed by atoms with E-state index in [0.29, 0.717) is 0 Å². The van der Waals surface area contributed by atoms with E-state index in [9.17, 15) is 9.18 Å². The van der Waals surface area contributed by atoms with Crippen molar-refractivity contribution in [1.29, 1.82) is 0 Å². The molecule has 0 bridgehead atoms. The van der Waals surface area contributed by atoms with E-state index in [1.165, 1.54) is 27.9 Å². The summed E-state index contributed by atoms with van der Waals surface area (Å²) in [6.07, 6.45) is 1.53. The smallest absolute Gasteiger partial charge is 0.274 e. The van der Waals surface area contributed by atoms with Gasteiger partial charge in [-0.05, 0) is 25.1 Å². The maximum absolute atomic E-state index is 13.6. The van der Waals surface area contributed by atoms with Gasteiger partial charge in [0.2, 0.25) is 0 Å². The van der Waals surface area contributed by atoms with E-state index in [1.54, 1.807) is 32.2 Å². The summed E-state index contributed by atoms with van der Waals surface area (Å²) in [4.78, 5) is 13.5. The first-order valence-electron chi connectivity index (χ1n) is 6.23. The number of benzene rings is 1. The van der Waals surface area contributed by atoms with Crippen LogP contribution in [0.4, 0.5) is 4.39 Å². The van der Waals surface area contributed by atoms with Crippen LogP contribution in [0.1, 0.15) is 17.4 Å². The van der Waals surface area contributed by atoms with Crippen LogP contribution in [0.15, 0.2) is 36.5 Å². The summed E-state index contributed by atoms with van der Waals surface area (Å²) in [5.74, 6) is -0.728. The van der Waals surface area contributed by atoms with Gasteiger partial charge in [-0.25, -0.2) is 9.07 Å². The van der Waals surface area contributed by atoms with Gasteiger partial charge >= 0.3 is 0 Å². The lowest BCUT2D eigenvalue weighted by atomic mass is 10.3. The van der Waals surface area contributed by atoms with Gasteiger partial charge in [-0.2, -0.15) is 5.10 Å². The summed E-state index contributed by atoms with van der Waals surface area (Å²) in [5.41, 5.74) is 0.487. The van der Waals surface area contributed by atoms with E-state index in [4.69, 9.17) is 5.11 Å². The Kier molecular flexibility index (Phi) is 4.14. The van der Waals surface area contributed by atoms with Crippen LogP contribution in [0.25, 0.3) is 5.69 Å². The molecule has 0 saturated carbocycles. The molecule has 1 aromatic heterocycles. The van der Waals surface area contributed by atoms with E-state index in [2.05, 4.69) is 5.10 Å². The Morgan fingerprint density at radius 1 is 1.45 bits per heavy atom. The molecule has 1 N–H and O–H groups in total. The van der Waals surface area contributed by atoms with Gasteiger partial charge in [0.1, 0.15) is 11.5 Å². The predicted octanol–water partition coefficient (Wildman–Crippen LogP) is 1.46. The third-order valence-electron chi connectivity index (χ3n) is 3.15. The van der Waals surface area contributed by atoms with Crippen LogP contribution >= 0.6 is 0 Å². The highest BCUT2D eigenvalue weighted by Gasteiger charge is 2.19. The second-order valence-electron chi connectivity index (χ2n) is 4.54. The number of likely N-dealkylation sites (N-methyl/N-ethyl adjacent to an activating group) is 1. The Bertz CT molecular complexity index is 612. The van der Waals surface area contributed by atoms with Gasteiger partial charge in [0.05, 0.1) is 12.6 Å². The zero-order valence-electron chi connectivity index (χ0n) is 11.3. The SMILES string of the molecule is C[C@H](CO)N(C)C(=O)c1ccn(-c2ccccc2F)n1. The normalized spacial score (nSPS) is 12.2. The minimum atomic E-state index is -0.410. The van der Waals surface area contributed by atoms with Crippen molar-refractivity contribution < 1.29 is 14.3 Å². The number of carbonyl (C=O) groups is 1. The molecule has 0 radical (unpaired) electrons. The van der Waals surface area contributed by atoms with Gasteiger partial charge in [-0.1, -0.05) is 12.1 Å². The lowest BCUT2D eigenvalue weighted by Gasteiger charge is -2.21. The standard InChI is InChI=1S/C14H16FN3O2/c1-10(9-19)17(2)14(20)12-7-8-18(16-12)13-6-4-3-5-11(13)15/h3-8,10,19H,9H2,1-2H3/t10-/m1/s1. The van der Waals surface area contributed by atoms with E-state index in [1.807, 2.05) is 0 Å². The van der Waals surface area contributed by atoms with Crippen LogP contribution < -0.4 is 0 Å². The Labute approximate surface area is 116 Å². The first-order valence-corrected chi connectivity index (χ1v) is 6.23. The van der Waals surface area contributed by atoms with Gasteiger partial charge < -0.3 is 10.0 Å². The molecule has 20 heavy (non-hydrogen) atoms. The number of carbonyl (C=O) groups excluding carboxylic acids is 1. The average molecular weight is 277 g/mol. The van der Waals surface area contributed by atoms with Gasteiger partial charge in [0.15, 0.2) is 5.69 Å². The molecule has 1 heterocycles. The molecule has 0 aliphatic carbocycles. The number of amides is 1. The Morgan fingerprint density at radius 3 is 2.80 bits per heavy atom. The summed E-state index contributed by atoms with van der Waals surface area (Å²) in [6.45, 7) is 1.60. The summed E-state index contributed by atoms with van der Waals surface area (Å²) < 4.78 is 15.0. The molecule has 0 fully saturated rings. The third kappa shape index (κ3) is 2.70. The molecule has 0 unspecified atom stereocenters. The molecular formula is C14H16FN3O2. The van der Waals surface area contributed by atoms with Crippen molar-refractivity contribution in [2.45, 2.75) is 13.0 Å². The topological polar surface area (TPSA) is 58.4 Å². The van der Waals surface area contributed by atoms with Gasteiger partial charge in [0, 0.05) is 13.2 Å². The fourth-order valence-electron chi connectivity index (χ4n) is 1.71. The monoisotopic (exact) mass is 277 g/mol. The first-order chi connectivity index (χ1) is 9.54. The molecule has 2 rings (SSSR count). The number of rotatable bonds is 4. The zero-order valence-corrected chi connectivity index (χ0v) is 11.3. The van der Waals surface area contributed by atoms with E-state index < -0.39 is 5.82 Å². The molecule has 0 saturated heterocycles. The number of aliphatic hydroxyl groups excluding tert-OH is 1. The Balaban J connectivity index is 2.26. The van der Waals surface area contributed by atoms with Crippen LogP contribution in [0.3, 0.4) is 0 Å². The van der Waals surface area contributed by atoms with Crippen molar-refractivity contribution in [3.63, 3.8) is 0 Å². The summed E-state index contributed by atoms with van der Waals surface area (Å²) >= 11 is 0. The largest absolute Gasteiger partial charge is 0.394 e. The molecule has 0 aliphatic rings. The molecule has 1 atom stereocenters. The Morgan fingerprint density at radius 2 is 2.15 bits per heavy atom. The first kappa shape index (κ1) is 14.2. The molecule has 0 aliphatic heterocycles. The summed E-state index contributed by atoms with van der Waals surface area (Å²) in [6, 6.07) is 7.41. The Hall–Kier alpha value is -2.21. The zero-order chi connectivity index (χ0) is 14.7. The number of nitrogens with zero attached hydrogens (tertiary/aromatic N) is 3. The molecule has 0 spiro atoms. The van der Waals surface area contributed by atoms with Crippen LogP contribution in [0, 0.1) is 5.82 Å². The maximum Gasteiger partial charge on any atom is 0.274 e. The molecule has 1 amide bonds. The van der Waals surface area contributed by atoms with Gasteiger partial charge in [0.25, 0.3) is 5.91 Å². The number of aliphatic hydroxyl groups is 1. The fraction of sp³-hybridized carbons (Fsp3) is 0.286. The van der Waals surface area contributed by atoms with E-state index >= 15 is 0 Å². The highest BCUT2D eigenvalue weighted by molar-refractivity contribution is 5.92. The second kappa shape index (κ2) is 5.83. The summed E-state index contributed by atoms with van der Waals surface area (Å²) in [5, 5.41) is 13.1. The van der Waals surface area contributed by atoms with Crippen molar-refractivity contribution in [3.05, 3.63) is 48.0 Å². The molecule has 5 nitrogen and oxygen atoms in total. The lowest BCUT2D eigenvalue weighted by Crippen LogP contribution is -2.37. The van der Waals surface area contributed by atoms with E-state index in [-0.39, 0.29) is 29.9 Å². The molecule has 106 valence electrons. The predicted molar refractivity (Wildman–Crippen MR) is 72.2 cm³/mol. The second-order valence-corrected chi connectivity index (χ2v) is 4.54. The van der Waals surface area contributed by atoms with Crippen LogP contribution in [-0.4, -0.2) is 45.4 Å².